The van der Waals surface area contributed by atoms with Crippen molar-refractivity contribution >= 4 is 22.6 Å². The van der Waals surface area contributed by atoms with Gasteiger partial charge in [-0.1, -0.05) is 12.1 Å². The predicted molar refractivity (Wildman–Crippen MR) is 141 cm³/mol. The van der Waals surface area contributed by atoms with Gasteiger partial charge in [-0.15, -0.1) is 0 Å². The maximum atomic E-state index is 12.7. The van der Waals surface area contributed by atoms with Crippen LogP contribution in [-0.2, 0) is 0 Å². The van der Waals surface area contributed by atoms with E-state index in [9.17, 15) is 4.79 Å². The van der Waals surface area contributed by atoms with Gasteiger partial charge < -0.3 is 10.2 Å². The Morgan fingerprint density at radius 3 is 2.68 bits per heavy atom. The Morgan fingerprint density at radius 1 is 1.08 bits per heavy atom. The number of aromatic nitrogens is 6. The molecule has 2 fully saturated rings. The molecule has 37 heavy (non-hydrogen) atoms. The van der Waals surface area contributed by atoms with Crippen molar-refractivity contribution in [3.8, 4) is 22.4 Å². The Morgan fingerprint density at radius 2 is 1.89 bits per heavy atom. The molecule has 9 heteroatoms. The lowest BCUT2D eigenvalue weighted by molar-refractivity contribution is 0.137. The van der Waals surface area contributed by atoms with Crippen molar-refractivity contribution in [2.75, 3.05) is 6.54 Å². The van der Waals surface area contributed by atoms with E-state index in [1.165, 1.54) is 0 Å². The monoisotopic (exact) mass is 492 g/mol. The number of benzene rings is 1. The van der Waals surface area contributed by atoms with Crippen LogP contribution in [0.2, 0.25) is 0 Å². The SMILES string of the molecule is CCNC(=O)N1C2CCC1CC(c1ccnc3c(-c4cccc5[nH]ncc45)c(-c4ccncc4)nn13)C2. The summed E-state index contributed by atoms with van der Waals surface area (Å²) in [6.45, 7) is 2.63. The highest BCUT2D eigenvalue weighted by Crippen LogP contribution is 2.44. The fourth-order valence-electron chi connectivity index (χ4n) is 6.41. The number of carbonyl (C=O) groups excluding carboxylic acids is 1. The van der Waals surface area contributed by atoms with Gasteiger partial charge in [-0.3, -0.25) is 10.1 Å². The van der Waals surface area contributed by atoms with Crippen LogP contribution in [0.15, 0.2) is 61.2 Å². The summed E-state index contributed by atoms with van der Waals surface area (Å²) in [6, 6.07) is 12.8. The summed E-state index contributed by atoms with van der Waals surface area (Å²) in [6.07, 6.45) is 11.3. The lowest BCUT2D eigenvalue weighted by atomic mass is 9.88. The van der Waals surface area contributed by atoms with Crippen LogP contribution in [0.3, 0.4) is 0 Å². The average Bonchev–Trinajstić information content (AvgIpc) is 3.63. The fraction of sp³-hybridized carbons (Fsp3) is 0.321. The highest BCUT2D eigenvalue weighted by atomic mass is 16.2. The lowest BCUT2D eigenvalue weighted by Crippen LogP contribution is -2.50. The van der Waals surface area contributed by atoms with Crippen molar-refractivity contribution in [2.24, 2.45) is 0 Å². The van der Waals surface area contributed by atoms with E-state index >= 15 is 0 Å². The highest BCUT2D eigenvalue weighted by molar-refractivity contribution is 6.02. The number of carbonyl (C=O) groups is 1. The minimum absolute atomic E-state index is 0.0721. The number of hydrogen-bond donors (Lipinski definition) is 2. The topological polar surface area (TPSA) is 104 Å². The van der Waals surface area contributed by atoms with Crippen molar-refractivity contribution in [2.45, 2.75) is 50.6 Å². The molecule has 2 unspecified atom stereocenters. The van der Waals surface area contributed by atoms with Crippen LogP contribution < -0.4 is 5.32 Å². The van der Waals surface area contributed by atoms with Crippen molar-refractivity contribution in [1.82, 2.24) is 40.0 Å². The van der Waals surface area contributed by atoms with E-state index in [1.54, 1.807) is 12.4 Å². The zero-order valence-corrected chi connectivity index (χ0v) is 20.6. The second-order valence-electron chi connectivity index (χ2n) is 10.00. The molecule has 0 saturated carbocycles. The second-order valence-corrected chi connectivity index (χ2v) is 10.00. The molecule has 7 rings (SSSR count). The Hall–Kier alpha value is -4.27. The normalized spacial score (nSPS) is 21.1. The van der Waals surface area contributed by atoms with E-state index in [2.05, 4.69) is 37.5 Å². The number of amides is 2. The molecule has 2 N–H and O–H groups in total. The second kappa shape index (κ2) is 8.69. The van der Waals surface area contributed by atoms with E-state index in [0.717, 1.165) is 70.3 Å². The molecule has 2 atom stereocenters. The first-order chi connectivity index (χ1) is 18.2. The van der Waals surface area contributed by atoms with Gasteiger partial charge in [0.25, 0.3) is 0 Å². The maximum Gasteiger partial charge on any atom is 0.317 e. The largest absolute Gasteiger partial charge is 0.338 e. The maximum absolute atomic E-state index is 12.7. The zero-order chi connectivity index (χ0) is 24.9. The van der Waals surface area contributed by atoms with Crippen molar-refractivity contribution in [3.63, 3.8) is 0 Å². The number of nitrogens with zero attached hydrogens (tertiary/aromatic N) is 6. The number of aromatic amines is 1. The first-order valence-electron chi connectivity index (χ1n) is 13.0. The standard InChI is InChI=1S/C28H28N8O/c1-2-30-28(37)35-19-6-7-20(35)15-18(14-19)24-10-13-31-27-25(21-4-3-5-23-22(21)16-32-33-23)26(34-36(24)27)17-8-11-29-12-9-17/h3-5,8-13,16,18-20H,2,6-7,14-15H2,1H3,(H,30,37)(H,32,33). The summed E-state index contributed by atoms with van der Waals surface area (Å²) in [4.78, 5) is 23.9. The average molecular weight is 493 g/mol. The van der Waals surface area contributed by atoms with Gasteiger partial charge in [0.2, 0.25) is 0 Å². The number of hydrogen-bond acceptors (Lipinski definition) is 5. The Kier molecular flexibility index (Phi) is 5.16. The van der Waals surface area contributed by atoms with Gasteiger partial charge >= 0.3 is 6.03 Å². The number of pyridine rings is 1. The van der Waals surface area contributed by atoms with Crippen molar-refractivity contribution in [3.05, 3.63) is 66.9 Å². The van der Waals surface area contributed by atoms with E-state index in [4.69, 9.17) is 10.1 Å². The fourth-order valence-corrected chi connectivity index (χ4v) is 6.41. The smallest absolute Gasteiger partial charge is 0.317 e. The third kappa shape index (κ3) is 3.48. The molecule has 186 valence electrons. The van der Waals surface area contributed by atoms with Crippen LogP contribution in [0, 0.1) is 0 Å². The first-order valence-corrected chi connectivity index (χ1v) is 13.0. The zero-order valence-electron chi connectivity index (χ0n) is 20.6. The number of nitrogens with one attached hydrogen (secondary N) is 2. The quantitative estimate of drug-likeness (QED) is 0.376. The summed E-state index contributed by atoms with van der Waals surface area (Å²) in [5.41, 5.74) is 6.86. The molecule has 6 heterocycles. The van der Waals surface area contributed by atoms with Crippen molar-refractivity contribution in [1.29, 1.82) is 0 Å². The summed E-state index contributed by atoms with van der Waals surface area (Å²) in [5, 5.41) is 16.6. The number of rotatable bonds is 4. The van der Waals surface area contributed by atoms with Crippen LogP contribution in [-0.4, -0.2) is 59.3 Å². The Bertz CT molecular complexity index is 1590. The molecular formula is C28H28N8O. The first kappa shape index (κ1) is 22.0. The van der Waals surface area contributed by atoms with Crippen LogP contribution >= 0.6 is 0 Å². The van der Waals surface area contributed by atoms with Gasteiger partial charge in [-0.05, 0) is 62.4 Å². The molecule has 5 aromatic rings. The molecule has 2 aliphatic heterocycles. The summed E-state index contributed by atoms with van der Waals surface area (Å²) >= 11 is 0. The van der Waals surface area contributed by atoms with Crippen molar-refractivity contribution < 1.29 is 4.79 Å². The molecule has 4 aromatic heterocycles. The lowest BCUT2D eigenvalue weighted by Gasteiger charge is -2.39. The van der Waals surface area contributed by atoms with Gasteiger partial charge in [0, 0.05) is 59.8 Å². The number of H-pyrrole nitrogens is 1. The highest BCUT2D eigenvalue weighted by Gasteiger charge is 2.44. The van der Waals surface area contributed by atoms with E-state index < -0.39 is 0 Å². The molecule has 9 nitrogen and oxygen atoms in total. The molecule has 2 saturated heterocycles. The summed E-state index contributed by atoms with van der Waals surface area (Å²) < 4.78 is 2.04. The molecule has 0 aliphatic carbocycles. The number of piperidine rings is 1. The molecule has 0 radical (unpaired) electrons. The van der Waals surface area contributed by atoms with E-state index in [0.29, 0.717) is 12.5 Å². The Labute approximate surface area is 213 Å². The van der Waals surface area contributed by atoms with E-state index in [-0.39, 0.29) is 18.1 Å². The predicted octanol–water partition coefficient (Wildman–Crippen LogP) is 4.77. The molecule has 2 amide bonds. The molecule has 2 bridgehead atoms. The van der Waals surface area contributed by atoms with Crippen LogP contribution in [0.4, 0.5) is 4.79 Å². The van der Waals surface area contributed by atoms with Crippen LogP contribution in [0.1, 0.15) is 44.2 Å². The van der Waals surface area contributed by atoms with Gasteiger partial charge in [-0.25, -0.2) is 14.3 Å². The molecular weight excluding hydrogens is 464 g/mol. The van der Waals surface area contributed by atoms with Crippen LogP contribution in [0.5, 0.6) is 0 Å². The van der Waals surface area contributed by atoms with Gasteiger partial charge in [-0.2, -0.15) is 10.2 Å². The van der Waals surface area contributed by atoms with Gasteiger partial charge in [0.15, 0.2) is 5.65 Å². The molecule has 2 aliphatic rings. The number of fused-ring (bicyclic) bond motifs is 4. The number of urea groups is 1. The third-order valence-electron chi connectivity index (χ3n) is 7.97. The molecule has 0 spiro atoms. The summed E-state index contributed by atoms with van der Waals surface area (Å²) in [5.74, 6) is 0.302. The minimum Gasteiger partial charge on any atom is -0.338 e. The van der Waals surface area contributed by atoms with Gasteiger partial charge in [0.05, 0.1) is 17.3 Å². The van der Waals surface area contributed by atoms with Gasteiger partial charge in [0.1, 0.15) is 5.69 Å². The minimum atomic E-state index is 0.0721. The van der Waals surface area contributed by atoms with Crippen LogP contribution in [0.25, 0.3) is 38.9 Å². The summed E-state index contributed by atoms with van der Waals surface area (Å²) in [7, 11) is 0. The van der Waals surface area contributed by atoms with E-state index in [1.807, 2.05) is 48.1 Å². The molecule has 1 aromatic carbocycles. The third-order valence-corrected chi connectivity index (χ3v) is 7.97. The Balaban J connectivity index is 1.38.